The fourth-order valence-corrected chi connectivity index (χ4v) is 5.25. The van der Waals surface area contributed by atoms with Crippen molar-refractivity contribution in [1.29, 1.82) is 0 Å². The number of alkyl halides is 3. The van der Waals surface area contributed by atoms with Crippen molar-refractivity contribution < 1.29 is 17.9 Å². The molecule has 3 aliphatic rings. The number of nitrogens with two attached hydrogens (primary N) is 1. The second-order valence-corrected chi connectivity index (χ2v) is 10.8. The molecule has 2 aromatic rings. The van der Waals surface area contributed by atoms with Gasteiger partial charge in [0.1, 0.15) is 5.82 Å². The van der Waals surface area contributed by atoms with Crippen LogP contribution in [0.3, 0.4) is 0 Å². The topological polar surface area (TPSA) is 82.8 Å². The molecule has 0 radical (unpaired) electrons. The number of hydrogen-bond acceptors (Lipinski definition) is 8. The van der Waals surface area contributed by atoms with Crippen LogP contribution in [0, 0.1) is 5.92 Å². The summed E-state index contributed by atoms with van der Waals surface area (Å²) in [6.07, 6.45) is 1.93. The van der Waals surface area contributed by atoms with E-state index < -0.39 is 11.9 Å². The van der Waals surface area contributed by atoms with Gasteiger partial charge in [0.15, 0.2) is 5.69 Å². The lowest BCUT2D eigenvalue weighted by atomic mass is 9.95. The van der Waals surface area contributed by atoms with Crippen LogP contribution >= 0.6 is 0 Å². The summed E-state index contributed by atoms with van der Waals surface area (Å²) in [5.41, 5.74) is 7.26. The Labute approximate surface area is 229 Å². The Bertz CT molecular complexity index is 985. The Morgan fingerprint density at radius 1 is 1.00 bits per heavy atom. The first-order valence-corrected chi connectivity index (χ1v) is 14.0. The lowest BCUT2D eigenvalue weighted by Crippen LogP contribution is -2.47. The van der Waals surface area contributed by atoms with Crippen LogP contribution in [0.2, 0.25) is 0 Å². The molecule has 1 aromatic heterocycles. The standard InChI is InChI=1S/C18H30N4.C10H12F3N3O/c1-20-10-12-21(13-11-20)15-17-6-8-22(9-7-17)18-4-2-16(14-19)3-5-18;11-10(12,13)8-4-14-5-9(16-8)15-7-2-1-3-17-6-7/h2-5,17H,6-15,19H2,1H3;4-5,7H,1-3,6H2,(H,15,16). The normalized spacial score (nSPS) is 21.8. The number of rotatable bonds is 6. The van der Waals surface area contributed by atoms with Crippen LogP contribution in [0.25, 0.3) is 0 Å². The average molecular weight is 550 g/mol. The summed E-state index contributed by atoms with van der Waals surface area (Å²) < 4.78 is 42.4. The van der Waals surface area contributed by atoms with Crippen molar-refractivity contribution in [2.24, 2.45) is 11.7 Å². The lowest BCUT2D eigenvalue weighted by Gasteiger charge is -2.38. The van der Waals surface area contributed by atoms with Crippen LogP contribution in [0.4, 0.5) is 24.7 Å². The van der Waals surface area contributed by atoms with Crippen molar-refractivity contribution in [2.45, 2.75) is 44.4 Å². The summed E-state index contributed by atoms with van der Waals surface area (Å²) in [7, 11) is 2.23. The Kier molecular flexibility index (Phi) is 10.8. The smallest absolute Gasteiger partial charge is 0.379 e. The minimum Gasteiger partial charge on any atom is -0.379 e. The van der Waals surface area contributed by atoms with Crippen LogP contribution in [-0.2, 0) is 17.5 Å². The van der Waals surface area contributed by atoms with E-state index in [4.69, 9.17) is 10.5 Å². The van der Waals surface area contributed by atoms with Gasteiger partial charge in [-0.15, -0.1) is 0 Å². The molecule has 0 bridgehead atoms. The van der Waals surface area contributed by atoms with Crippen LogP contribution in [0.5, 0.6) is 0 Å². The van der Waals surface area contributed by atoms with Gasteiger partial charge in [0.2, 0.25) is 0 Å². The Hall–Kier alpha value is -2.47. The van der Waals surface area contributed by atoms with Gasteiger partial charge in [-0.2, -0.15) is 13.2 Å². The third-order valence-corrected chi connectivity index (χ3v) is 7.70. The van der Waals surface area contributed by atoms with Gasteiger partial charge in [0.25, 0.3) is 0 Å². The number of likely N-dealkylation sites (N-methyl/N-ethyl adjacent to an activating group) is 1. The second kappa shape index (κ2) is 14.2. The fourth-order valence-electron chi connectivity index (χ4n) is 5.25. The van der Waals surface area contributed by atoms with Crippen molar-refractivity contribution in [3.05, 3.63) is 47.9 Å². The molecule has 0 aliphatic carbocycles. The van der Waals surface area contributed by atoms with Gasteiger partial charge in [-0.05, 0) is 56.3 Å². The molecule has 1 aromatic carbocycles. The molecule has 5 rings (SSSR count). The van der Waals surface area contributed by atoms with E-state index in [0.717, 1.165) is 18.8 Å². The SMILES string of the molecule is CN1CCN(CC2CCN(c3ccc(CN)cc3)CC2)CC1.FC(F)(F)c1cncc(NC2CCCOC2)n1. The molecule has 0 spiro atoms. The van der Waals surface area contributed by atoms with Crippen LogP contribution < -0.4 is 16.0 Å². The molecule has 3 N–H and O–H groups in total. The molecule has 11 heteroatoms. The lowest BCUT2D eigenvalue weighted by molar-refractivity contribution is -0.141. The number of piperazine rings is 1. The summed E-state index contributed by atoms with van der Waals surface area (Å²) in [5.74, 6) is 1.01. The van der Waals surface area contributed by atoms with Crippen LogP contribution in [-0.4, -0.2) is 91.9 Å². The van der Waals surface area contributed by atoms with Gasteiger partial charge >= 0.3 is 6.18 Å². The molecule has 8 nitrogen and oxygen atoms in total. The highest BCUT2D eigenvalue weighted by Crippen LogP contribution is 2.28. The molecule has 1 unspecified atom stereocenters. The summed E-state index contributed by atoms with van der Waals surface area (Å²) in [6.45, 7) is 10.5. The van der Waals surface area contributed by atoms with Crippen molar-refractivity contribution in [1.82, 2.24) is 19.8 Å². The first-order chi connectivity index (χ1) is 18.8. The summed E-state index contributed by atoms with van der Waals surface area (Å²) in [6, 6.07) is 8.77. The predicted octanol–water partition coefficient (Wildman–Crippen LogP) is 3.70. The van der Waals surface area contributed by atoms with Gasteiger partial charge in [0, 0.05) is 64.7 Å². The zero-order valence-corrected chi connectivity index (χ0v) is 22.9. The van der Waals surface area contributed by atoms with Crippen LogP contribution in [0.1, 0.15) is 36.9 Å². The van der Waals surface area contributed by atoms with Crippen molar-refractivity contribution in [3.63, 3.8) is 0 Å². The largest absolute Gasteiger partial charge is 0.434 e. The van der Waals surface area contributed by atoms with E-state index in [0.29, 0.717) is 26.0 Å². The highest BCUT2D eigenvalue weighted by molar-refractivity contribution is 5.48. The third-order valence-electron chi connectivity index (χ3n) is 7.70. The zero-order chi connectivity index (χ0) is 27.7. The Morgan fingerprint density at radius 2 is 1.72 bits per heavy atom. The number of halogens is 3. The highest BCUT2D eigenvalue weighted by Gasteiger charge is 2.33. The maximum Gasteiger partial charge on any atom is 0.434 e. The Morgan fingerprint density at radius 3 is 2.33 bits per heavy atom. The second-order valence-electron chi connectivity index (χ2n) is 10.8. The molecule has 3 saturated heterocycles. The number of aromatic nitrogens is 2. The van der Waals surface area contributed by atoms with E-state index in [-0.39, 0.29) is 11.9 Å². The number of benzene rings is 1. The number of nitrogens with one attached hydrogen (secondary N) is 1. The van der Waals surface area contributed by atoms with E-state index in [1.807, 2.05) is 0 Å². The monoisotopic (exact) mass is 549 g/mol. The van der Waals surface area contributed by atoms with Crippen molar-refractivity contribution >= 4 is 11.5 Å². The molecule has 4 heterocycles. The quantitative estimate of drug-likeness (QED) is 0.565. The molecular formula is C28H42F3N7O. The number of anilines is 2. The molecule has 0 amide bonds. The molecule has 216 valence electrons. The van der Waals surface area contributed by atoms with Gasteiger partial charge < -0.3 is 30.5 Å². The summed E-state index contributed by atoms with van der Waals surface area (Å²) in [5, 5.41) is 2.89. The molecule has 1 atom stereocenters. The maximum absolute atomic E-state index is 12.4. The number of piperidine rings is 1. The van der Waals surface area contributed by atoms with Gasteiger partial charge in [-0.3, -0.25) is 4.98 Å². The average Bonchev–Trinajstić information content (AvgIpc) is 2.95. The Balaban J connectivity index is 0.000000187. The predicted molar refractivity (Wildman–Crippen MR) is 148 cm³/mol. The summed E-state index contributed by atoms with van der Waals surface area (Å²) >= 11 is 0. The molecular weight excluding hydrogens is 507 g/mol. The summed E-state index contributed by atoms with van der Waals surface area (Å²) in [4.78, 5) is 14.6. The van der Waals surface area contributed by atoms with E-state index in [1.165, 1.54) is 76.1 Å². The van der Waals surface area contributed by atoms with Gasteiger partial charge in [-0.1, -0.05) is 12.1 Å². The number of nitrogens with zero attached hydrogens (tertiary/aromatic N) is 5. The van der Waals surface area contributed by atoms with E-state index in [9.17, 15) is 13.2 Å². The minimum absolute atomic E-state index is 0.00142. The highest BCUT2D eigenvalue weighted by atomic mass is 19.4. The zero-order valence-electron chi connectivity index (χ0n) is 22.9. The van der Waals surface area contributed by atoms with Gasteiger partial charge in [0.05, 0.1) is 25.0 Å². The third kappa shape index (κ3) is 9.30. The molecule has 0 saturated carbocycles. The van der Waals surface area contributed by atoms with E-state index in [1.54, 1.807) is 0 Å². The van der Waals surface area contributed by atoms with E-state index in [2.05, 4.69) is 61.3 Å². The number of hydrogen-bond donors (Lipinski definition) is 2. The first kappa shape index (κ1) is 29.5. The molecule has 3 aliphatic heterocycles. The maximum atomic E-state index is 12.4. The fraction of sp³-hybridized carbons (Fsp3) is 0.643. The van der Waals surface area contributed by atoms with Crippen molar-refractivity contribution in [3.8, 4) is 0 Å². The number of ether oxygens (including phenoxy) is 1. The van der Waals surface area contributed by atoms with Crippen molar-refractivity contribution in [2.75, 3.05) is 76.3 Å². The molecule has 39 heavy (non-hydrogen) atoms. The minimum atomic E-state index is -4.46. The van der Waals surface area contributed by atoms with E-state index >= 15 is 0 Å². The van der Waals surface area contributed by atoms with Crippen LogP contribution in [0.15, 0.2) is 36.7 Å². The van der Waals surface area contributed by atoms with Gasteiger partial charge in [-0.25, -0.2) is 4.98 Å². The first-order valence-electron chi connectivity index (χ1n) is 14.0. The molecule has 3 fully saturated rings.